The molecule has 0 aromatic heterocycles. The molecule has 1 aliphatic heterocycles. The molecule has 0 aliphatic carbocycles. The second-order valence-corrected chi connectivity index (χ2v) is 4.63. The van der Waals surface area contributed by atoms with Crippen LogP contribution in [0.1, 0.15) is 5.56 Å². The van der Waals surface area contributed by atoms with Gasteiger partial charge in [-0.05, 0) is 12.1 Å². The van der Waals surface area contributed by atoms with Gasteiger partial charge in [0.15, 0.2) is 0 Å². The molecule has 2 unspecified atom stereocenters. The fourth-order valence-electron chi connectivity index (χ4n) is 1.96. The second kappa shape index (κ2) is 4.75. The molecule has 2 rings (SSSR count). The molecular formula is C11H12F2N2O2S. The van der Waals surface area contributed by atoms with Crippen molar-refractivity contribution in [2.24, 2.45) is 5.73 Å². The Bertz CT molecular complexity index is 465. The van der Waals surface area contributed by atoms with Crippen LogP contribution in [0.15, 0.2) is 12.1 Å². The van der Waals surface area contributed by atoms with E-state index in [2.05, 4.69) is 12.2 Å². The lowest BCUT2D eigenvalue weighted by molar-refractivity contribution is 0.0572. The summed E-state index contributed by atoms with van der Waals surface area (Å²) in [5.74, 6) is -1.64. The maximum Gasteiger partial charge on any atom is 0.150 e. The molecule has 1 aromatic rings. The van der Waals surface area contributed by atoms with E-state index >= 15 is 0 Å². The molecule has 1 aromatic carbocycles. The minimum absolute atomic E-state index is 0.0264. The van der Waals surface area contributed by atoms with Crippen LogP contribution in [0.3, 0.4) is 0 Å². The maximum absolute atomic E-state index is 13.8. The zero-order chi connectivity index (χ0) is 13.4. The van der Waals surface area contributed by atoms with Crippen molar-refractivity contribution >= 4 is 22.9 Å². The zero-order valence-electron chi connectivity index (χ0n) is 9.31. The summed E-state index contributed by atoms with van der Waals surface area (Å²) in [6.07, 6.45) is -2.03. The van der Waals surface area contributed by atoms with E-state index in [0.717, 1.165) is 12.1 Å². The summed E-state index contributed by atoms with van der Waals surface area (Å²) in [4.78, 5) is 1.16. The molecule has 0 spiro atoms. The number of nitrogens with zero attached hydrogens (tertiary/aromatic N) is 1. The number of aliphatic hydroxyl groups excluding tert-OH is 2. The van der Waals surface area contributed by atoms with Gasteiger partial charge in [-0.15, -0.1) is 0 Å². The summed E-state index contributed by atoms with van der Waals surface area (Å²) in [7, 11) is 0. The molecule has 1 saturated heterocycles. The molecule has 1 heterocycles. The second-order valence-electron chi connectivity index (χ2n) is 4.19. The minimum Gasteiger partial charge on any atom is -0.389 e. The molecule has 4 nitrogen and oxygen atoms in total. The van der Waals surface area contributed by atoms with Crippen LogP contribution >= 0.6 is 12.2 Å². The highest BCUT2D eigenvalue weighted by Gasteiger charge is 2.32. The predicted molar refractivity (Wildman–Crippen MR) is 66.5 cm³/mol. The smallest absolute Gasteiger partial charge is 0.150 e. The van der Waals surface area contributed by atoms with E-state index in [0.29, 0.717) is 0 Å². The number of hydrogen-bond acceptors (Lipinski definition) is 4. The number of rotatable bonds is 2. The molecule has 1 fully saturated rings. The average Bonchev–Trinajstić information content (AvgIpc) is 2.57. The van der Waals surface area contributed by atoms with Crippen molar-refractivity contribution in [2.75, 3.05) is 18.0 Å². The Hall–Kier alpha value is -1.31. The van der Waals surface area contributed by atoms with E-state index in [4.69, 9.17) is 5.73 Å². The van der Waals surface area contributed by atoms with Gasteiger partial charge < -0.3 is 20.8 Å². The van der Waals surface area contributed by atoms with Crippen molar-refractivity contribution in [2.45, 2.75) is 12.2 Å². The monoisotopic (exact) mass is 274 g/mol. The molecule has 1 aliphatic rings. The van der Waals surface area contributed by atoms with Gasteiger partial charge in [0.2, 0.25) is 0 Å². The highest BCUT2D eigenvalue weighted by molar-refractivity contribution is 7.80. The summed E-state index contributed by atoms with van der Waals surface area (Å²) >= 11 is 4.65. The van der Waals surface area contributed by atoms with E-state index in [-0.39, 0.29) is 29.3 Å². The molecule has 0 saturated carbocycles. The van der Waals surface area contributed by atoms with E-state index in [9.17, 15) is 19.0 Å². The van der Waals surface area contributed by atoms with Crippen molar-refractivity contribution in [1.29, 1.82) is 0 Å². The summed E-state index contributed by atoms with van der Waals surface area (Å²) in [5.41, 5.74) is 5.12. The average molecular weight is 274 g/mol. The minimum atomic E-state index is -1.01. The number of anilines is 1. The van der Waals surface area contributed by atoms with E-state index < -0.39 is 23.8 Å². The van der Waals surface area contributed by atoms with Crippen molar-refractivity contribution in [3.8, 4) is 0 Å². The normalized spacial score (nSPS) is 23.4. The lowest BCUT2D eigenvalue weighted by Crippen LogP contribution is -2.24. The van der Waals surface area contributed by atoms with Crippen LogP contribution in [0.25, 0.3) is 0 Å². The Labute approximate surface area is 108 Å². The fourth-order valence-corrected chi connectivity index (χ4v) is 2.08. The maximum atomic E-state index is 13.8. The van der Waals surface area contributed by atoms with Gasteiger partial charge in [-0.2, -0.15) is 0 Å². The van der Waals surface area contributed by atoms with Crippen LogP contribution < -0.4 is 10.6 Å². The van der Waals surface area contributed by atoms with Crippen molar-refractivity contribution in [3.63, 3.8) is 0 Å². The Kier molecular flexibility index (Phi) is 3.47. The third kappa shape index (κ3) is 2.29. The standard InChI is InChI=1S/C11H12F2N2O2S/c12-6-1-5(11(14)18)2-7(13)10(6)15-3-8(16)9(17)4-15/h1-2,8-9,16-17H,3-4H2,(H2,14,18). The van der Waals surface area contributed by atoms with Crippen LogP contribution in [-0.4, -0.2) is 40.5 Å². The van der Waals surface area contributed by atoms with Crippen LogP contribution in [0.2, 0.25) is 0 Å². The SMILES string of the molecule is NC(=S)c1cc(F)c(N2CC(O)C(O)C2)c(F)c1. The lowest BCUT2D eigenvalue weighted by atomic mass is 10.1. The van der Waals surface area contributed by atoms with E-state index in [1.54, 1.807) is 0 Å². The van der Waals surface area contributed by atoms with Crippen molar-refractivity contribution < 1.29 is 19.0 Å². The summed E-state index contributed by atoms with van der Waals surface area (Å²) < 4.78 is 27.6. The number of halogens is 2. The molecular weight excluding hydrogens is 262 g/mol. The Morgan fingerprint density at radius 2 is 1.67 bits per heavy atom. The number of thiocarbonyl (C=S) groups is 1. The van der Waals surface area contributed by atoms with Crippen LogP contribution in [-0.2, 0) is 0 Å². The number of aliphatic hydroxyl groups is 2. The van der Waals surface area contributed by atoms with E-state index in [1.807, 2.05) is 0 Å². The topological polar surface area (TPSA) is 69.7 Å². The molecule has 18 heavy (non-hydrogen) atoms. The molecule has 4 N–H and O–H groups in total. The molecule has 2 atom stereocenters. The molecule has 0 amide bonds. The number of benzene rings is 1. The Morgan fingerprint density at radius 1 is 1.22 bits per heavy atom. The Morgan fingerprint density at radius 3 is 2.06 bits per heavy atom. The van der Waals surface area contributed by atoms with Gasteiger partial charge >= 0.3 is 0 Å². The van der Waals surface area contributed by atoms with Crippen LogP contribution in [0, 0.1) is 11.6 Å². The molecule has 7 heteroatoms. The summed E-state index contributed by atoms with van der Waals surface area (Å²) in [6.45, 7) is -0.0527. The van der Waals surface area contributed by atoms with Gasteiger partial charge in [0.05, 0.1) is 12.2 Å². The molecule has 0 radical (unpaired) electrons. The van der Waals surface area contributed by atoms with Gasteiger partial charge in [0.1, 0.15) is 22.3 Å². The third-order valence-corrected chi connectivity index (χ3v) is 3.11. The van der Waals surface area contributed by atoms with Crippen LogP contribution in [0.5, 0.6) is 0 Å². The summed E-state index contributed by atoms with van der Waals surface area (Å²) in [6, 6.07) is 2.08. The van der Waals surface area contributed by atoms with Gasteiger partial charge in [-0.25, -0.2) is 8.78 Å². The van der Waals surface area contributed by atoms with Gasteiger partial charge in [-0.3, -0.25) is 0 Å². The molecule has 98 valence electrons. The fraction of sp³-hybridized carbons (Fsp3) is 0.364. The Balaban J connectivity index is 2.38. The number of β-amino-alcohol motifs (C(OH)–C–C–N with tert-alkyl or cyclic N) is 2. The van der Waals surface area contributed by atoms with Crippen molar-refractivity contribution in [1.82, 2.24) is 0 Å². The van der Waals surface area contributed by atoms with Crippen molar-refractivity contribution in [3.05, 3.63) is 29.3 Å². The predicted octanol–water partition coefficient (Wildman–Crippen LogP) is 0.141. The largest absolute Gasteiger partial charge is 0.389 e. The molecule has 0 bridgehead atoms. The first-order chi connectivity index (χ1) is 8.40. The summed E-state index contributed by atoms with van der Waals surface area (Å²) in [5, 5.41) is 18.8. The first-order valence-electron chi connectivity index (χ1n) is 5.30. The first kappa shape index (κ1) is 13.1. The van der Waals surface area contributed by atoms with Gasteiger partial charge in [0, 0.05) is 18.7 Å². The lowest BCUT2D eigenvalue weighted by Gasteiger charge is -2.19. The highest BCUT2D eigenvalue weighted by Crippen LogP contribution is 2.28. The van der Waals surface area contributed by atoms with Gasteiger partial charge in [-0.1, -0.05) is 12.2 Å². The number of hydrogen-bond donors (Lipinski definition) is 3. The van der Waals surface area contributed by atoms with Crippen LogP contribution in [0.4, 0.5) is 14.5 Å². The highest BCUT2D eigenvalue weighted by atomic mass is 32.1. The third-order valence-electron chi connectivity index (χ3n) is 2.88. The quantitative estimate of drug-likeness (QED) is 0.669. The zero-order valence-corrected chi connectivity index (χ0v) is 10.1. The number of nitrogens with two attached hydrogens (primary N) is 1. The first-order valence-corrected chi connectivity index (χ1v) is 5.71. The van der Waals surface area contributed by atoms with Gasteiger partial charge in [0.25, 0.3) is 0 Å². The van der Waals surface area contributed by atoms with E-state index in [1.165, 1.54) is 4.90 Å².